The van der Waals surface area contributed by atoms with Crippen LogP contribution >= 0.6 is 0 Å². The molecule has 0 aliphatic carbocycles. The number of carbonyl (C=O) groups is 1. The lowest BCUT2D eigenvalue weighted by Gasteiger charge is -2.24. The number of aliphatic hydroxyl groups is 1. The Morgan fingerprint density at radius 3 is 2.91 bits per heavy atom. The van der Waals surface area contributed by atoms with Gasteiger partial charge in [-0.2, -0.15) is 0 Å². The number of nitrogens with zero attached hydrogens (tertiary/aromatic N) is 2. The molecule has 1 amide bonds. The Morgan fingerprint density at radius 1 is 1.55 bits per heavy atom. The van der Waals surface area contributed by atoms with Gasteiger partial charge in [-0.3, -0.25) is 9.69 Å². The molecular formula is C17H25FN2O2. The summed E-state index contributed by atoms with van der Waals surface area (Å²) in [4.78, 5) is 16.3. The summed E-state index contributed by atoms with van der Waals surface area (Å²) in [6.07, 6.45) is 0.607. The molecule has 1 aliphatic heterocycles. The number of rotatable bonds is 6. The molecule has 1 N–H and O–H groups in total. The van der Waals surface area contributed by atoms with E-state index >= 15 is 0 Å². The van der Waals surface area contributed by atoms with E-state index < -0.39 is 0 Å². The summed E-state index contributed by atoms with van der Waals surface area (Å²) in [6.45, 7) is 6.74. The van der Waals surface area contributed by atoms with Crippen LogP contribution in [0, 0.1) is 11.7 Å². The van der Waals surface area contributed by atoms with E-state index in [4.69, 9.17) is 0 Å². The lowest BCUT2D eigenvalue weighted by atomic mass is 10.0. The van der Waals surface area contributed by atoms with Gasteiger partial charge in [0.25, 0.3) is 0 Å². The zero-order chi connectivity index (χ0) is 16.1. The smallest absolute Gasteiger partial charge is 0.237 e. The van der Waals surface area contributed by atoms with Crippen LogP contribution in [0.4, 0.5) is 4.39 Å². The first kappa shape index (κ1) is 16.9. The molecule has 1 aromatic carbocycles. The first-order chi connectivity index (χ1) is 10.5. The van der Waals surface area contributed by atoms with Gasteiger partial charge < -0.3 is 10.0 Å². The first-order valence-electron chi connectivity index (χ1n) is 7.92. The summed E-state index contributed by atoms with van der Waals surface area (Å²) < 4.78 is 13.2. The van der Waals surface area contributed by atoms with Crippen LogP contribution in [0.25, 0.3) is 0 Å². The number of aliphatic hydroxyl groups excluding tert-OH is 1. The van der Waals surface area contributed by atoms with Crippen LogP contribution in [0.2, 0.25) is 0 Å². The molecule has 4 nitrogen and oxygen atoms in total. The van der Waals surface area contributed by atoms with Crippen LogP contribution in [0.3, 0.4) is 0 Å². The van der Waals surface area contributed by atoms with Crippen molar-refractivity contribution >= 4 is 5.91 Å². The van der Waals surface area contributed by atoms with Crippen LogP contribution in [-0.4, -0.2) is 53.1 Å². The van der Waals surface area contributed by atoms with Crippen LogP contribution in [0.1, 0.15) is 25.8 Å². The normalized spacial score (nSPS) is 20.1. The molecule has 0 aromatic heterocycles. The highest BCUT2D eigenvalue weighted by atomic mass is 19.1. The number of amides is 1. The third-order valence-corrected chi connectivity index (χ3v) is 4.35. The van der Waals surface area contributed by atoms with Gasteiger partial charge in [0.15, 0.2) is 0 Å². The predicted molar refractivity (Wildman–Crippen MR) is 83.7 cm³/mol. The van der Waals surface area contributed by atoms with E-state index in [2.05, 4.69) is 4.90 Å². The van der Waals surface area contributed by atoms with Crippen molar-refractivity contribution in [1.29, 1.82) is 0 Å². The van der Waals surface area contributed by atoms with E-state index in [-0.39, 0.29) is 23.7 Å². The van der Waals surface area contributed by atoms with Crippen molar-refractivity contribution in [3.8, 4) is 0 Å². The molecule has 122 valence electrons. The molecule has 1 fully saturated rings. The minimum Gasteiger partial charge on any atom is -0.393 e. The summed E-state index contributed by atoms with van der Waals surface area (Å²) in [7, 11) is 0. The maximum absolute atomic E-state index is 13.2. The average Bonchev–Trinajstić information content (AvgIpc) is 2.93. The first-order valence-corrected chi connectivity index (χ1v) is 7.92. The Balaban J connectivity index is 1.89. The highest BCUT2D eigenvalue weighted by Gasteiger charge is 2.28. The van der Waals surface area contributed by atoms with E-state index in [9.17, 15) is 14.3 Å². The van der Waals surface area contributed by atoms with Gasteiger partial charge in [0, 0.05) is 19.6 Å². The quantitative estimate of drug-likeness (QED) is 0.872. The molecule has 22 heavy (non-hydrogen) atoms. The molecule has 0 saturated carbocycles. The van der Waals surface area contributed by atoms with Gasteiger partial charge in [-0.15, -0.1) is 0 Å². The number of likely N-dealkylation sites (N-methyl/N-ethyl adjacent to an activating group) is 1. The van der Waals surface area contributed by atoms with Gasteiger partial charge in [0.1, 0.15) is 5.82 Å². The van der Waals surface area contributed by atoms with E-state index in [1.165, 1.54) is 12.1 Å². The fraction of sp³-hybridized carbons (Fsp3) is 0.588. The number of halogens is 1. The van der Waals surface area contributed by atoms with E-state index in [1.807, 2.05) is 13.0 Å². The van der Waals surface area contributed by atoms with Crippen LogP contribution < -0.4 is 0 Å². The molecule has 2 atom stereocenters. The summed E-state index contributed by atoms with van der Waals surface area (Å²) in [5.74, 6) is 0.0319. The van der Waals surface area contributed by atoms with Crippen LogP contribution in [0.5, 0.6) is 0 Å². The third-order valence-electron chi connectivity index (χ3n) is 4.35. The van der Waals surface area contributed by atoms with Crippen molar-refractivity contribution in [2.45, 2.75) is 32.9 Å². The number of carbonyl (C=O) groups excluding carboxylic acids is 1. The third kappa shape index (κ3) is 4.52. The van der Waals surface area contributed by atoms with Crippen molar-refractivity contribution in [2.24, 2.45) is 5.92 Å². The molecule has 1 aromatic rings. The fourth-order valence-electron chi connectivity index (χ4n) is 2.92. The van der Waals surface area contributed by atoms with E-state index in [0.717, 1.165) is 25.1 Å². The standard InChI is InChI=1S/C17H25FN2O2/c1-3-20(10-14-5-4-6-16(18)9-14)17(22)12-19-8-7-15(11-19)13(2)21/h4-6,9,13,15,21H,3,7-8,10-12H2,1-2H3. The van der Waals surface area contributed by atoms with Gasteiger partial charge in [-0.05, 0) is 50.4 Å². The molecule has 1 saturated heterocycles. The Hall–Kier alpha value is -1.46. The highest BCUT2D eigenvalue weighted by Crippen LogP contribution is 2.19. The predicted octanol–water partition coefficient (Wildman–Crippen LogP) is 1.88. The maximum atomic E-state index is 13.2. The SMILES string of the molecule is CCN(Cc1cccc(F)c1)C(=O)CN1CCC(C(C)O)C1. The summed E-state index contributed by atoms with van der Waals surface area (Å²) in [5, 5.41) is 9.62. The van der Waals surface area contributed by atoms with Crippen molar-refractivity contribution in [1.82, 2.24) is 9.80 Å². The monoisotopic (exact) mass is 308 g/mol. The zero-order valence-corrected chi connectivity index (χ0v) is 13.3. The maximum Gasteiger partial charge on any atom is 0.237 e. The minimum absolute atomic E-state index is 0.0537. The van der Waals surface area contributed by atoms with Gasteiger partial charge in [-0.1, -0.05) is 12.1 Å². The van der Waals surface area contributed by atoms with E-state index in [0.29, 0.717) is 19.6 Å². The molecule has 0 radical (unpaired) electrons. The Labute approximate surface area is 131 Å². The summed E-state index contributed by atoms with van der Waals surface area (Å²) in [6, 6.07) is 6.37. The molecular weight excluding hydrogens is 283 g/mol. The summed E-state index contributed by atoms with van der Waals surface area (Å²) >= 11 is 0. The van der Waals surface area contributed by atoms with Gasteiger partial charge in [0.2, 0.25) is 5.91 Å². The minimum atomic E-state index is -0.324. The van der Waals surface area contributed by atoms with Crippen molar-refractivity contribution < 1.29 is 14.3 Å². The highest BCUT2D eigenvalue weighted by molar-refractivity contribution is 5.78. The lowest BCUT2D eigenvalue weighted by Crippen LogP contribution is -2.39. The topological polar surface area (TPSA) is 43.8 Å². The Kier molecular flexibility index (Phi) is 5.91. The van der Waals surface area contributed by atoms with E-state index in [1.54, 1.807) is 17.9 Å². The average molecular weight is 308 g/mol. The van der Waals surface area contributed by atoms with Gasteiger partial charge in [-0.25, -0.2) is 4.39 Å². The van der Waals surface area contributed by atoms with Gasteiger partial charge >= 0.3 is 0 Å². The Bertz CT molecular complexity index is 507. The lowest BCUT2D eigenvalue weighted by molar-refractivity contribution is -0.132. The molecule has 5 heteroatoms. The molecule has 2 unspecified atom stereocenters. The Morgan fingerprint density at radius 2 is 2.32 bits per heavy atom. The number of benzene rings is 1. The number of hydrogen-bond donors (Lipinski definition) is 1. The second-order valence-electron chi connectivity index (χ2n) is 6.06. The molecule has 0 spiro atoms. The zero-order valence-electron chi connectivity index (χ0n) is 13.3. The molecule has 1 aliphatic rings. The molecule has 1 heterocycles. The van der Waals surface area contributed by atoms with Gasteiger partial charge in [0.05, 0.1) is 12.6 Å². The summed E-state index contributed by atoms with van der Waals surface area (Å²) in [5.41, 5.74) is 0.804. The fourth-order valence-corrected chi connectivity index (χ4v) is 2.92. The van der Waals surface area contributed by atoms with Crippen molar-refractivity contribution in [3.63, 3.8) is 0 Å². The molecule has 2 rings (SSSR count). The largest absolute Gasteiger partial charge is 0.393 e. The van der Waals surface area contributed by atoms with Crippen molar-refractivity contribution in [2.75, 3.05) is 26.2 Å². The van der Waals surface area contributed by atoms with Crippen molar-refractivity contribution in [3.05, 3.63) is 35.6 Å². The second-order valence-corrected chi connectivity index (χ2v) is 6.06. The van der Waals surface area contributed by atoms with Crippen LogP contribution in [0.15, 0.2) is 24.3 Å². The number of hydrogen-bond acceptors (Lipinski definition) is 3. The number of likely N-dealkylation sites (tertiary alicyclic amines) is 1. The second kappa shape index (κ2) is 7.70. The van der Waals surface area contributed by atoms with Crippen LogP contribution in [-0.2, 0) is 11.3 Å². The molecule has 0 bridgehead atoms.